The third-order valence-corrected chi connectivity index (χ3v) is 3.71. The Hall–Kier alpha value is -0.790. The number of rotatable bonds is 4. The van der Waals surface area contributed by atoms with Crippen LogP contribution in [0.4, 0.5) is 0 Å². The van der Waals surface area contributed by atoms with Gasteiger partial charge in [-0.15, -0.1) is 0 Å². The lowest BCUT2D eigenvalue weighted by Gasteiger charge is -2.21. The van der Waals surface area contributed by atoms with E-state index in [0.717, 1.165) is 31.8 Å². The van der Waals surface area contributed by atoms with E-state index in [1.165, 1.54) is 32.1 Å². The fraction of sp³-hybridized carbons (Fsp3) is 0.786. The van der Waals surface area contributed by atoms with Gasteiger partial charge in [0, 0.05) is 6.42 Å². The second kappa shape index (κ2) is 6.07. The van der Waals surface area contributed by atoms with Crippen molar-refractivity contribution in [2.75, 3.05) is 6.61 Å². The lowest BCUT2D eigenvalue weighted by atomic mass is 9.85. The van der Waals surface area contributed by atoms with E-state index < -0.39 is 0 Å². The maximum atomic E-state index is 11.8. The van der Waals surface area contributed by atoms with E-state index in [2.05, 4.69) is 0 Å². The van der Waals surface area contributed by atoms with Crippen molar-refractivity contribution in [1.82, 2.24) is 0 Å². The quantitative estimate of drug-likeness (QED) is 0.726. The predicted octanol–water partition coefficient (Wildman–Crippen LogP) is 3.61. The summed E-state index contributed by atoms with van der Waals surface area (Å²) >= 11 is 0. The van der Waals surface area contributed by atoms with Crippen molar-refractivity contribution in [3.8, 4) is 0 Å². The molecule has 2 aliphatic rings. The van der Waals surface area contributed by atoms with Gasteiger partial charge in [-0.3, -0.25) is 4.79 Å². The average molecular weight is 222 g/mol. The lowest BCUT2D eigenvalue weighted by molar-refractivity contribution is -0.119. The first-order valence-electron chi connectivity index (χ1n) is 6.72. The van der Waals surface area contributed by atoms with Gasteiger partial charge in [-0.2, -0.15) is 0 Å². The van der Waals surface area contributed by atoms with Crippen molar-refractivity contribution in [3.05, 3.63) is 11.8 Å². The van der Waals surface area contributed by atoms with E-state index in [4.69, 9.17) is 4.74 Å². The van der Waals surface area contributed by atoms with Crippen molar-refractivity contribution < 1.29 is 9.53 Å². The van der Waals surface area contributed by atoms with Crippen molar-refractivity contribution in [2.45, 2.75) is 57.8 Å². The number of allylic oxidation sites excluding steroid dienone is 2. The topological polar surface area (TPSA) is 26.3 Å². The normalized spacial score (nSPS) is 22.4. The van der Waals surface area contributed by atoms with E-state index in [1.54, 1.807) is 0 Å². The molecular weight excluding hydrogens is 200 g/mol. The molecule has 0 saturated heterocycles. The number of carbonyl (C=O) groups is 1. The Kier molecular flexibility index (Phi) is 4.44. The van der Waals surface area contributed by atoms with Gasteiger partial charge in [-0.05, 0) is 31.3 Å². The zero-order valence-electron chi connectivity index (χ0n) is 10.0. The lowest BCUT2D eigenvalue weighted by Crippen LogP contribution is -2.13. The molecule has 0 bridgehead atoms. The molecule has 90 valence electrons. The van der Waals surface area contributed by atoms with Crippen molar-refractivity contribution >= 4 is 5.78 Å². The molecule has 0 atom stereocenters. The van der Waals surface area contributed by atoms with Crippen LogP contribution in [0.2, 0.25) is 0 Å². The predicted molar refractivity (Wildman–Crippen MR) is 64.1 cm³/mol. The van der Waals surface area contributed by atoms with Crippen LogP contribution in [-0.4, -0.2) is 12.4 Å². The minimum absolute atomic E-state index is 0.227. The maximum absolute atomic E-state index is 11.8. The van der Waals surface area contributed by atoms with Gasteiger partial charge in [0.2, 0.25) is 0 Å². The molecule has 2 nitrogen and oxygen atoms in total. The first-order valence-corrected chi connectivity index (χ1v) is 6.72. The van der Waals surface area contributed by atoms with Crippen LogP contribution in [0.25, 0.3) is 0 Å². The smallest absolute Gasteiger partial charge is 0.197 e. The molecular formula is C14H22O2. The Morgan fingerprint density at radius 3 is 2.75 bits per heavy atom. The molecule has 0 radical (unpaired) electrons. The molecule has 0 aromatic heterocycles. The van der Waals surface area contributed by atoms with Gasteiger partial charge in [0.15, 0.2) is 11.5 Å². The van der Waals surface area contributed by atoms with Crippen molar-refractivity contribution in [2.24, 2.45) is 5.92 Å². The fourth-order valence-electron chi connectivity index (χ4n) is 2.69. The molecule has 2 rings (SSSR count). The number of ether oxygens (including phenoxy) is 1. The van der Waals surface area contributed by atoms with E-state index in [1.807, 2.05) is 6.08 Å². The van der Waals surface area contributed by atoms with E-state index in [9.17, 15) is 4.79 Å². The number of hydrogen-bond donors (Lipinski definition) is 0. The van der Waals surface area contributed by atoms with Crippen LogP contribution in [-0.2, 0) is 9.53 Å². The van der Waals surface area contributed by atoms with E-state index in [0.29, 0.717) is 12.2 Å². The number of Topliss-reactive ketones (excluding diaryl/α,β-unsaturated/α-hetero) is 1. The van der Waals surface area contributed by atoms with Crippen LogP contribution in [0.15, 0.2) is 11.8 Å². The minimum Gasteiger partial charge on any atom is -0.490 e. The van der Waals surface area contributed by atoms with Crippen LogP contribution in [0, 0.1) is 5.92 Å². The number of carbonyl (C=O) groups excluding carboxylic acids is 1. The zero-order chi connectivity index (χ0) is 11.2. The summed E-state index contributed by atoms with van der Waals surface area (Å²) in [5, 5.41) is 0. The first kappa shape index (κ1) is 11.7. The summed E-state index contributed by atoms with van der Waals surface area (Å²) < 4.78 is 5.39. The van der Waals surface area contributed by atoms with Crippen molar-refractivity contribution in [1.29, 1.82) is 0 Å². The Bertz CT molecular complexity index is 262. The Balaban J connectivity index is 1.72. The van der Waals surface area contributed by atoms with Gasteiger partial charge >= 0.3 is 0 Å². The van der Waals surface area contributed by atoms with Gasteiger partial charge in [-0.1, -0.05) is 32.1 Å². The molecule has 1 aliphatic carbocycles. The Morgan fingerprint density at radius 1 is 1.25 bits per heavy atom. The number of hydrogen-bond acceptors (Lipinski definition) is 2. The zero-order valence-corrected chi connectivity index (χ0v) is 10.0. The monoisotopic (exact) mass is 222 g/mol. The SMILES string of the molecule is O=C(CCC1CCCCC1)C1=CCCCO1. The minimum atomic E-state index is 0.227. The second-order valence-corrected chi connectivity index (χ2v) is 5.02. The standard InChI is InChI=1S/C14H22O2/c15-13(14-8-4-5-11-16-14)10-9-12-6-2-1-3-7-12/h8,12H,1-7,9-11H2. The largest absolute Gasteiger partial charge is 0.490 e. The molecule has 0 N–H and O–H groups in total. The van der Waals surface area contributed by atoms with E-state index in [-0.39, 0.29) is 5.78 Å². The van der Waals surface area contributed by atoms with Gasteiger partial charge in [0.25, 0.3) is 0 Å². The maximum Gasteiger partial charge on any atom is 0.197 e. The molecule has 0 aromatic carbocycles. The van der Waals surface area contributed by atoms with Gasteiger partial charge in [0.1, 0.15) is 0 Å². The fourth-order valence-corrected chi connectivity index (χ4v) is 2.69. The van der Waals surface area contributed by atoms with Gasteiger partial charge in [0.05, 0.1) is 6.61 Å². The molecule has 1 fully saturated rings. The third kappa shape index (κ3) is 3.36. The number of ketones is 1. The van der Waals surface area contributed by atoms with Crippen LogP contribution >= 0.6 is 0 Å². The van der Waals surface area contributed by atoms with Crippen LogP contribution in [0.3, 0.4) is 0 Å². The summed E-state index contributed by atoms with van der Waals surface area (Å²) in [4.78, 5) is 11.8. The Morgan fingerprint density at radius 2 is 2.06 bits per heavy atom. The van der Waals surface area contributed by atoms with Gasteiger partial charge in [-0.25, -0.2) is 0 Å². The highest BCUT2D eigenvalue weighted by molar-refractivity contribution is 5.93. The molecule has 1 saturated carbocycles. The first-order chi connectivity index (χ1) is 7.86. The second-order valence-electron chi connectivity index (χ2n) is 5.02. The third-order valence-electron chi connectivity index (χ3n) is 3.71. The van der Waals surface area contributed by atoms with Crippen LogP contribution in [0.1, 0.15) is 57.8 Å². The molecule has 1 heterocycles. The summed E-state index contributed by atoms with van der Waals surface area (Å²) in [5.74, 6) is 1.66. The highest BCUT2D eigenvalue weighted by Crippen LogP contribution is 2.28. The summed E-state index contributed by atoms with van der Waals surface area (Å²) in [7, 11) is 0. The molecule has 1 aliphatic heterocycles. The summed E-state index contributed by atoms with van der Waals surface area (Å²) in [6.07, 6.45) is 12.5. The van der Waals surface area contributed by atoms with Gasteiger partial charge < -0.3 is 4.74 Å². The van der Waals surface area contributed by atoms with E-state index >= 15 is 0 Å². The summed E-state index contributed by atoms with van der Waals surface area (Å²) in [6, 6.07) is 0. The average Bonchev–Trinajstić information content (AvgIpc) is 2.38. The van der Waals surface area contributed by atoms with Crippen molar-refractivity contribution in [3.63, 3.8) is 0 Å². The molecule has 0 spiro atoms. The Labute approximate surface area is 98.1 Å². The highest BCUT2D eigenvalue weighted by atomic mass is 16.5. The molecule has 0 unspecified atom stereocenters. The molecule has 0 amide bonds. The highest BCUT2D eigenvalue weighted by Gasteiger charge is 2.18. The van der Waals surface area contributed by atoms with Crippen LogP contribution in [0.5, 0.6) is 0 Å². The summed E-state index contributed by atoms with van der Waals surface area (Å²) in [6.45, 7) is 0.723. The molecule has 16 heavy (non-hydrogen) atoms. The summed E-state index contributed by atoms with van der Waals surface area (Å²) in [5.41, 5.74) is 0. The van der Waals surface area contributed by atoms with Crippen LogP contribution < -0.4 is 0 Å². The molecule has 0 aromatic rings. The molecule has 2 heteroatoms.